The first-order chi connectivity index (χ1) is 5.84. The Kier molecular flexibility index (Phi) is 2.35. The largest absolute Gasteiger partial charge is 0.299 e. The molecule has 2 heteroatoms. The summed E-state index contributed by atoms with van der Waals surface area (Å²) in [6, 6.07) is 0. The van der Waals surface area contributed by atoms with Crippen LogP contribution in [0.15, 0.2) is 0 Å². The maximum atomic E-state index is 11.9. The van der Waals surface area contributed by atoms with E-state index in [2.05, 4.69) is 0 Å². The number of carbonyl (C=O) groups excluding carboxylic acids is 2. The van der Waals surface area contributed by atoms with Gasteiger partial charge in [0.15, 0.2) is 5.78 Å². The summed E-state index contributed by atoms with van der Waals surface area (Å²) in [5, 5.41) is 0. The van der Waals surface area contributed by atoms with E-state index < -0.39 is 5.41 Å². The second-order valence-electron chi connectivity index (χ2n) is 4.79. The van der Waals surface area contributed by atoms with Crippen molar-refractivity contribution in [3.8, 4) is 0 Å². The molecule has 0 saturated heterocycles. The predicted molar refractivity (Wildman–Crippen MR) is 51.4 cm³/mol. The second kappa shape index (κ2) is 2.93. The highest BCUT2D eigenvalue weighted by atomic mass is 16.2. The average Bonchev–Trinajstić information content (AvgIpc) is 2.82. The summed E-state index contributed by atoms with van der Waals surface area (Å²) in [6.07, 6.45) is 2.35. The van der Waals surface area contributed by atoms with E-state index in [1.54, 1.807) is 13.8 Å². The van der Waals surface area contributed by atoms with Gasteiger partial charge in [0.1, 0.15) is 5.78 Å². The van der Waals surface area contributed by atoms with Crippen molar-refractivity contribution in [2.24, 2.45) is 10.8 Å². The van der Waals surface area contributed by atoms with Gasteiger partial charge in [0, 0.05) is 11.8 Å². The summed E-state index contributed by atoms with van der Waals surface area (Å²) in [4.78, 5) is 23.5. The van der Waals surface area contributed by atoms with Gasteiger partial charge >= 0.3 is 0 Å². The summed E-state index contributed by atoms with van der Waals surface area (Å²) in [5.74, 6) is 0.192. The molecule has 0 spiro atoms. The standard InChI is InChI=1S/C11H18O2/c1-5-8(12)10(2,3)9(13)11(4)6-7-11/h5-7H2,1-4H3. The minimum absolute atomic E-state index is 0.0608. The van der Waals surface area contributed by atoms with E-state index in [0.717, 1.165) is 12.8 Å². The monoisotopic (exact) mass is 182 g/mol. The van der Waals surface area contributed by atoms with Gasteiger partial charge in [-0.3, -0.25) is 9.59 Å². The lowest BCUT2D eigenvalue weighted by atomic mass is 9.76. The maximum Gasteiger partial charge on any atom is 0.151 e. The van der Waals surface area contributed by atoms with Crippen LogP contribution in [0.2, 0.25) is 0 Å². The second-order valence-corrected chi connectivity index (χ2v) is 4.79. The number of hydrogen-bond acceptors (Lipinski definition) is 2. The molecule has 13 heavy (non-hydrogen) atoms. The Labute approximate surface area is 79.7 Å². The van der Waals surface area contributed by atoms with E-state index in [-0.39, 0.29) is 17.0 Å². The van der Waals surface area contributed by atoms with Gasteiger partial charge in [-0.15, -0.1) is 0 Å². The summed E-state index contributed by atoms with van der Waals surface area (Å²) >= 11 is 0. The lowest BCUT2D eigenvalue weighted by Gasteiger charge is -2.24. The van der Waals surface area contributed by atoms with Crippen LogP contribution in [0, 0.1) is 10.8 Å². The van der Waals surface area contributed by atoms with Gasteiger partial charge in [-0.25, -0.2) is 0 Å². The lowest BCUT2D eigenvalue weighted by molar-refractivity contribution is -0.141. The fourth-order valence-corrected chi connectivity index (χ4v) is 1.74. The Morgan fingerprint density at radius 3 is 2.08 bits per heavy atom. The molecule has 0 unspecified atom stereocenters. The van der Waals surface area contributed by atoms with E-state index >= 15 is 0 Å². The molecule has 1 aliphatic carbocycles. The first-order valence-corrected chi connectivity index (χ1v) is 4.93. The third kappa shape index (κ3) is 1.67. The van der Waals surface area contributed by atoms with Gasteiger partial charge in [-0.05, 0) is 26.7 Å². The van der Waals surface area contributed by atoms with Crippen LogP contribution in [-0.4, -0.2) is 11.6 Å². The quantitative estimate of drug-likeness (QED) is 0.625. The van der Waals surface area contributed by atoms with Crippen LogP contribution in [0.5, 0.6) is 0 Å². The van der Waals surface area contributed by atoms with Crippen LogP contribution < -0.4 is 0 Å². The topological polar surface area (TPSA) is 34.1 Å². The van der Waals surface area contributed by atoms with E-state index in [1.165, 1.54) is 0 Å². The molecule has 1 aliphatic rings. The average molecular weight is 182 g/mol. The van der Waals surface area contributed by atoms with E-state index in [9.17, 15) is 9.59 Å². The number of Topliss-reactive ketones (excluding diaryl/α,β-unsaturated/α-hetero) is 2. The van der Waals surface area contributed by atoms with Gasteiger partial charge in [-0.2, -0.15) is 0 Å². The SMILES string of the molecule is CCC(=O)C(C)(C)C(=O)C1(C)CC1. The number of rotatable bonds is 4. The van der Waals surface area contributed by atoms with Gasteiger partial charge in [0.05, 0.1) is 5.41 Å². The minimum Gasteiger partial charge on any atom is -0.299 e. The summed E-state index contributed by atoms with van der Waals surface area (Å²) in [6.45, 7) is 7.28. The number of carbonyl (C=O) groups is 2. The van der Waals surface area contributed by atoms with E-state index in [0.29, 0.717) is 6.42 Å². The molecule has 0 bridgehead atoms. The van der Waals surface area contributed by atoms with E-state index in [1.807, 2.05) is 13.8 Å². The van der Waals surface area contributed by atoms with E-state index in [4.69, 9.17) is 0 Å². The Hall–Kier alpha value is -0.660. The normalized spacial score (nSPS) is 19.7. The Balaban J connectivity index is 2.80. The highest BCUT2D eigenvalue weighted by Crippen LogP contribution is 2.50. The zero-order chi connectivity index (χ0) is 10.3. The molecule has 1 saturated carbocycles. The zero-order valence-corrected chi connectivity index (χ0v) is 8.94. The van der Waals surface area contributed by atoms with Crippen molar-refractivity contribution < 1.29 is 9.59 Å². The Morgan fingerprint density at radius 2 is 1.77 bits per heavy atom. The molecule has 0 radical (unpaired) electrons. The molecule has 2 nitrogen and oxygen atoms in total. The first-order valence-electron chi connectivity index (χ1n) is 4.93. The van der Waals surface area contributed by atoms with Crippen LogP contribution in [-0.2, 0) is 9.59 Å². The molecule has 0 aromatic rings. The number of ketones is 2. The zero-order valence-electron chi connectivity index (χ0n) is 8.94. The molecule has 0 aliphatic heterocycles. The molecule has 1 rings (SSSR count). The fourth-order valence-electron chi connectivity index (χ4n) is 1.74. The maximum absolute atomic E-state index is 11.9. The Morgan fingerprint density at radius 1 is 1.31 bits per heavy atom. The van der Waals surface area contributed by atoms with Gasteiger partial charge in [0.25, 0.3) is 0 Å². The van der Waals surface area contributed by atoms with Gasteiger partial charge in [0.2, 0.25) is 0 Å². The summed E-state index contributed by atoms with van der Waals surface area (Å²) in [5.41, 5.74) is -0.950. The predicted octanol–water partition coefficient (Wildman–Crippen LogP) is 2.36. The smallest absolute Gasteiger partial charge is 0.151 e. The molecule has 74 valence electrons. The van der Waals surface area contributed by atoms with Crippen LogP contribution >= 0.6 is 0 Å². The highest BCUT2D eigenvalue weighted by molar-refractivity contribution is 6.09. The van der Waals surface area contributed by atoms with Crippen LogP contribution in [0.25, 0.3) is 0 Å². The van der Waals surface area contributed by atoms with Gasteiger partial charge in [-0.1, -0.05) is 13.8 Å². The minimum atomic E-state index is -0.764. The van der Waals surface area contributed by atoms with Gasteiger partial charge < -0.3 is 0 Å². The van der Waals surface area contributed by atoms with Crippen molar-refractivity contribution in [1.82, 2.24) is 0 Å². The van der Waals surface area contributed by atoms with Crippen molar-refractivity contribution in [2.45, 2.75) is 47.0 Å². The van der Waals surface area contributed by atoms with Crippen molar-refractivity contribution in [2.75, 3.05) is 0 Å². The molecular formula is C11H18O2. The number of hydrogen-bond donors (Lipinski definition) is 0. The van der Waals surface area contributed by atoms with Crippen LogP contribution in [0.1, 0.15) is 47.0 Å². The molecule has 0 heterocycles. The van der Waals surface area contributed by atoms with Crippen molar-refractivity contribution in [3.05, 3.63) is 0 Å². The molecule has 0 N–H and O–H groups in total. The molecule has 0 amide bonds. The summed E-state index contributed by atoms with van der Waals surface area (Å²) < 4.78 is 0. The van der Waals surface area contributed by atoms with Crippen molar-refractivity contribution >= 4 is 11.6 Å². The molecule has 1 fully saturated rings. The molecular weight excluding hydrogens is 164 g/mol. The van der Waals surface area contributed by atoms with Crippen molar-refractivity contribution in [3.63, 3.8) is 0 Å². The fraction of sp³-hybridized carbons (Fsp3) is 0.818. The first kappa shape index (κ1) is 10.4. The summed E-state index contributed by atoms with van der Waals surface area (Å²) in [7, 11) is 0. The molecule has 0 aromatic heterocycles. The third-order valence-electron chi connectivity index (χ3n) is 3.13. The molecule has 0 aromatic carbocycles. The molecule has 0 atom stereocenters. The van der Waals surface area contributed by atoms with Crippen LogP contribution in [0.3, 0.4) is 0 Å². The van der Waals surface area contributed by atoms with Crippen LogP contribution in [0.4, 0.5) is 0 Å². The Bertz CT molecular complexity index is 247. The lowest BCUT2D eigenvalue weighted by Crippen LogP contribution is -2.37. The highest BCUT2D eigenvalue weighted by Gasteiger charge is 2.52. The van der Waals surface area contributed by atoms with Crippen molar-refractivity contribution in [1.29, 1.82) is 0 Å². The third-order valence-corrected chi connectivity index (χ3v) is 3.13.